The Labute approximate surface area is 250 Å². The number of hydrogen-bond donors (Lipinski definition) is 0. The third-order valence-corrected chi connectivity index (χ3v) is 7.24. The zero-order valence-electron chi connectivity index (χ0n) is 23.9. The van der Waals surface area contributed by atoms with Crippen molar-refractivity contribution in [3.63, 3.8) is 0 Å². The van der Waals surface area contributed by atoms with E-state index in [1.807, 2.05) is 65.6 Å². The molecule has 43 heavy (non-hydrogen) atoms. The van der Waals surface area contributed by atoms with Crippen LogP contribution in [0, 0.1) is 0 Å². The van der Waals surface area contributed by atoms with Gasteiger partial charge in [-0.15, -0.1) is 0 Å². The number of carbonyl (C=O) groups excluding carboxylic acids is 3. The minimum Gasteiger partial charge on any atom is -0.496 e. The van der Waals surface area contributed by atoms with Gasteiger partial charge >= 0.3 is 11.9 Å². The summed E-state index contributed by atoms with van der Waals surface area (Å²) in [5, 5.41) is 0. The molecule has 0 saturated carbocycles. The fourth-order valence-corrected chi connectivity index (χ4v) is 5.19. The lowest BCUT2D eigenvalue weighted by molar-refractivity contribution is -0.143. The van der Waals surface area contributed by atoms with Crippen LogP contribution in [0.15, 0.2) is 144 Å². The molecule has 7 nitrogen and oxygen atoms in total. The Hall–Kier alpha value is -5.43. The van der Waals surface area contributed by atoms with Crippen molar-refractivity contribution < 1.29 is 28.6 Å². The van der Waals surface area contributed by atoms with E-state index in [0.29, 0.717) is 24.4 Å². The first kappa shape index (κ1) is 29.1. The van der Waals surface area contributed by atoms with Crippen molar-refractivity contribution in [2.75, 3.05) is 14.2 Å². The van der Waals surface area contributed by atoms with Gasteiger partial charge in [-0.05, 0) is 23.3 Å². The molecule has 0 aliphatic heterocycles. The Kier molecular flexibility index (Phi) is 8.82. The second-order valence-corrected chi connectivity index (χ2v) is 9.92. The Bertz CT molecular complexity index is 1610. The van der Waals surface area contributed by atoms with Crippen molar-refractivity contribution in [3.8, 4) is 0 Å². The second-order valence-electron chi connectivity index (χ2n) is 9.92. The van der Waals surface area contributed by atoms with Crippen LogP contribution in [0.5, 0.6) is 0 Å². The predicted octanol–water partition coefficient (Wildman–Crippen LogP) is 5.98. The maximum Gasteiger partial charge on any atom is 0.345 e. The summed E-state index contributed by atoms with van der Waals surface area (Å²) < 4.78 is 17.0. The number of allylic oxidation sites excluding steroid dienone is 1. The molecule has 0 saturated heterocycles. The Balaban J connectivity index is 1.79. The SMILES string of the molecule is COC(=O)C1=C(OC)C=C(N(Cc2ccccc2)Cc2ccccc2)C(OC(=O)c2ccccc2)(c2ccccc2)C1=O. The molecule has 0 aromatic heterocycles. The fraction of sp³-hybridized carbons (Fsp3) is 0.139. The van der Waals surface area contributed by atoms with Gasteiger partial charge in [0.05, 0.1) is 25.5 Å². The lowest BCUT2D eigenvalue weighted by Crippen LogP contribution is -2.51. The molecular weight excluding hydrogens is 542 g/mol. The summed E-state index contributed by atoms with van der Waals surface area (Å²) in [6.07, 6.45) is 1.60. The molecule has 0 N–H and O–H groups in total. The van der Waals surface area contributed by atoms with Gasteiger partial charge in [0.25, 0.3) is 0 Å². The average molecular weight is 574 g/mol. The highest BCUT2D eigenvalue weighted by Gasteiger charge is 2.55. The molecule has 0 heterocycles. The molecule has 1 unspecified atom stereocenters. The van der Waals surface area contributed by atoms with Crippen LogP contribution in [-0.4, -0.2) is 36.8 Å². The molecule has 1 aliphatic rings. The molecule has 216 valence electrons. The minimum atomic E-state index is -2.05. The summed E-state index contributed by atoms with van der Waals surface area (Å²) in [4.78, 5) is 43.7. The van der Waals surface area contributed by atoms with Crippen LogP contribution in [0.3, 0.4) is 0 Å². The van der Waals surface area contributed by atoms with E-state index < -0.39 is 23.3 Å². The summed E-state index contributed by atoms with van der Waals surface area (Å²) >= 11 is 0. The Morgan fingerprint density at radius 3 is 1.65 bits per heavy atom. The van der Waals surface area contributed by atoms with Crippen LogP contribution < -0.4 is 0 Å². The first-order chi connectivity index (χ1) is 21.0. The van der Waals surface area contributed by atoms with Crippen molar-refractivity contribution in [1.29, 1.82) is 0 Å². The molecule has 5 rings (SSSR count). The van der Waals surface area contributed by atoms with Gasteiger partial charge in [-0.3, -0.25) is 4.79 Å². The summed E-state index contributed by atoms with van der Waals surface area (Å²) in [6.45, 7) is 0.716. The van der Waals surface area contributed by atoms with Gasteiger partial charge in [-0.2, -0.15) is 0 Å². The number of ether oxygens (including phenoxy) is 3. The maximum absolute atomic E-state index is 14.8. The van der Waals surface area contributed by atoms with Gasteiger partial charge in [-0.1, -0.05) is 109 Å². The standard InChI is InChI=1S/C36H31NO6/c1-41-30-23-31(37(24-26-15-7-3-8-16-26)25-27-17-9-4-10-18-27)36(29-21-13-6-14-22-29,33(38)32(30)35(40)42-2)43-34(39)28-19-11-5-12-20-28/h3-23H,24-25H2,1-2H3. The zero-order chi connectivity index (χ0) is 30.2. The number of rotatable bonds is 10. The van der Waals surface area contributed by atoms with E-state index in [4.69, 9.17) is 14.2 Å². The number of esters is 2. The largest absolute Gasteiger partial charge is 0.496 e. The molecule has 0 radical (unpaired) electrons. The predicted molar refractivity (Wildman–Crippen MR) is 161 cm³/mol. The lowest BCUT2D eigenvalue weighted by Gasteiger charge is -2.42. The highest BCUT2D eigenvalue weighted by molar-refractivity contribution is 6.23. The van der Waals surface area contributed by atoms with Gasteiger partial charge < -0.3 is 19.1 Å². The van der Waals surface area contributed by atoms with Gasteiger partial charge in [0.1, 0.15) is 11.3 Å². The molecule has 0 bridgehead atoms. The first-order valence-corrected chi connectivity index (χ1v) is 13.8. The number of methoxy groups -OCH3 is 2. The molecular formula is C36H31NO6. The Morgan fingerprint density at radius 1 is 0.674 bits per heavy atom. The molecule has 1 atom stereocenters. The summed E-state index contributed by atoms with van der Waals surface area (Å²) in [5.74, 6) is -2.38. The first-order valence-electron chi connectivity index (χ1n) is 13.8. The third kappa shape index (κ3) is 5.97. The fourth-order valence-electron chi connectivity index (χ4n) is 5.19. The normalized spacial score (nSPS) is 16.2. The molecule has 0 amide bonds. The molecule has 1 aliphatic carbocycles. The van der Waals surface area contributed by atoms with Crippen LogP contribution in [0.2, 0.25) is 0 Å². The van der Waals surface area contributed by atoms with Crippen molar-refractivity contribution >= 4 is 17.7 Å². The van der Waals surface area contributed by atoms with E-state index >= 15 is 0 Å². The number of nitrogens with zero attached hydrogens (tertiary/aromatic N) is 1. The third-order valence-electron chi connectivity index (χ3n) is 7.24. The van der Waals surface area contributed by atoms with Crippen LogP contribution in [0.25, 0.3) is 0 Å². The van der Waals surface area contributed by atoms with E-state index in [-0.39, 0.29) is 16.9 Å². The van der Waals surface area contributed by atoms with E-state index in [2.05, 4.69) is 0 Å². The second kappa shape index (κ2) is 13.0. The van der Waals surface area contributed by atoms with Crippen LogP contribution in [0.4, 0.5) is 0 Å². The van der Waals surface area contributed by atoms with Crippen LogP contribution in [0.1, 0.15) is 27.0 Å². The maximum atomic E-state index is 14.8. The van der Waals surface area contributed by atoms with Crippen molar-refractivity contribution in [3.05, 3.63) is 167 Å². The van der Waals surface area contributed by atoms with Crippen LogP contribution >= 0.6 is 0 Å². The summed E-state index contributed by atoms with van der Waals surface area (Å²) in [7, 11) is 2.57. The lowest BCUT2D eigenvalue weighted by atomic mass is 9.77. The van der Waals surface area contributed by atoms with E-state index in [9.17, 15) is 14.4 Å². The van der Waals surface area contributed by atoms with E-state index in [0.717, 1.165) is 11.1 Å². The smallest absolute Gasteiger partial charge is 0.345 e. The van der Waals surface area contributed by atoms with Gasteiger partial charge in [-0.25, -0.2) is 9.59 Å². The number of carbonyl (C=O) groups is 3. The number of benzene rings is 4. The molecule has 0 spiro atoms. The summed E-state index contributed by atoms with van der Waals surface area (Å²) in [5.41, 5.74) is 0.489. The highest BCUT2D eigenvalue weighted by Crippen LogP contribution is 2.45. The van der Waals surface area contributed by atoms with Crippen molar-refractivity contribution in [1.82, 2.24) is 4.90 Å². The molecule has 4 aromatic rings. The topological polar surface area (TPSA) is 82.1 Å². The van der Waals surface area contributed by atoms with E-state index in [1.54, 1.807) is 66.7 Å². The number of Topliss-reactive ketones (excluding diaryl/α,β-unsaturated/α-hetero) is 1. The minimum absolute atomic E-state index is 0.0142. The molecule has 4 aromatic carbocycles. The quantitative estimate of drug-likeness (QED) is 0.171. The monoisotopic (exact) mass is 573 g/mol. The number of ketones is 1. The van der Waals surface area contributed by atoms with Crippen molar-refractivity contribution in [2.24, 2.45) is 0 Å². The van der Waals surface area contributed by atoms with Gasteiger partial charge in [0.15, 0.2) is 0 Å². The Morgan fingerprint density at radius 2 is 1.16 bits per heavy atom. The molecule has 7 heteroatoms. The van der Waals surface area contributed by atoms with Crippen molar-refractivity contribution in [2.45, 2.75) is 18.7 Å². The van der Waals surface area contributed by atoms with Gasteiger partial charge in [0.2, 0.25) is 11.4 Å². The summed E-state index contributed by atoms with van der Waals surface area (Å²) in [6, 6.07) is 36.7. The van der Waals surface area contributed by atoms with Crippen LogP contribution in [-0.2, 0) is 42.5 Å². The number of hydrogen-bond acceptors (Lipinski definition) is 7. The zero-order valence-corrected chi connectivity index (χ0v) is 23.9. The van der Waals surface area contributed by atoms with E-state index in [1.165, 1.54) is 14.2 Å². The van der Waals surface area contributed by atoms with Gasteiger partial charge in [0, 0.05) is 24.7 Å². The molecule has 0 fully saturated rings. The highest BCUT2D eigenvalue weighted by atomic mass is 16.6. The average Bonchev–Trinajstić information content (AvgIpc) is 3.06.